The first-order valence-electron chi connectivity index (χ1n) is 17.5. The van der Waals surface area contributed by atoms with E-state index in [9.17, 15) is 18.3 Å². The number of unbranched alkanes of at least 4 members (excludes halogenated alkanes) is 12. The summed E-state index contributed by atoms with van der Waals surface area (Å²) in [7, 11) is -3.99. The molecule has 3 aromatic carbocycles. The van der Waals surface area contributed by atoms with Crippen LogP contribution in [-0.2, 0) is 21.1 Å². The Morgan fingerprint density at radius 1 is 0.755 bits per heavy atom. The van der Waals surface area contributed by atoms with Crippen molar-refractivity contribution < 1.29 is 23.1 Å². The van der Waals surface area contributed by atoms with Gasteiger partial charge < -0.3 is 20.5 Å². The number of phenolic OH excluding ortho intramolecular Hbond substituents is 1. The van der Waals surface area contributed by atoms with Gasteiger partial charge in [0.2, 0.25) is 5.91 Å². The normalized spacial score (nSPS) is 12.1. The Kier molecular flexibility index (Phi) is 17.9. The van der Waals surface area contributed by atoms with Gasteiger partial charge in [0, 0.05) is 12.1 Å². The van der Waals surface area contributed by atoms with Gasteiger partial charge in [-0.1, -0.05) is 138 Å². The Morgan fingerprint density at radius 3 is 2.00 bits per heavy atom. The van der Waals surface area contributed by atoms with Gasteiger partial charge in [-0.3, -0.25) is 4.79 Å². The maximum Gasteiger partial charge on any atom is 0.243 e. The van der Waals surface area contributed by atoms with E-state index >= 15 is 0 Å². The van der Waals surface area contributed by atoms with Crippen molar-refractivity contribution in [3.05, 3.63) is 75.2 Å². The van der Waals surface area contributed by atoms with E-state index in [4.69, 9.17) is 39.5 Å². The van der Waals surface area contributed by atoms with Crippen LogP contribution in [0.3, 0.4) is 0 Å². The predicted molar refractivity (Wildman–Crippen MR) is 204 cm³/mol. The number of carbonyl (C=O) groups is 1. The van der Waals surface area contributed by atoms with Crippen molar-refractivity contribution in [2.24, 2.45) is 0 Å². The number of aromatic hydroxyl groups is 1. The third-order valence-electron chi connectivity index (χ3n) is 8.57. The second kappa shape index (κ2) is 21.5. The molecule has 0 saturated heterocycles. The molecule has 3 N–H and O–H groups in total. The maximum atomic E-state index is 13.6. The van der Waals surface area contributed by atoms with Crippen LogP contribution in [0.1, 0.15) is 109 Å². The van der Waals surface area contributed by atoms with E-state index in [1.807, 2.05) is 6.07 Å². The topological polar surface area (TPSA) is 105 Å². The summed E-state index contributed by atoms with van der Waals surface area (Å²) < 4.78 is 32.9. The molecule has 49 heavy (non-hydrogen) atoms. The van der Waals surface area contributed by atoms with E-state index in [1.54, 1.807) is 37.3 Å². The quantitative estimate of drug-likeness (QED) is 0.0506. The minimum atomic E-state index is -3.99. The molecule has 0 spiro atoms. The molecule has 0 bridgehead atoms. The molecule has 7 nitrogen and oxygen atoms in total. The molecule has 0 aromatic heterocycles. The summed E-state index contributed by atoms with van der Waals surface area (Å²) in [5.74, 6) is -0.475. The van der Waals surface area contributed by atoms with Crippen molar-refractivity contribution in [1.82, 2.24) is 0 Å². The summed E-state index contributed by atoms with van der Waals surface area (Å²) in [5, 5.41) is 15.6. The van der Waals surface area contributed by atoms with Gasteiger partial charge in [-0.25, -0.2) is 8.42 Å². The second-order valence-corrected chi connectivity index (χ2v) is 15.8. The van der Waals surface area contributed by atoms with Gasteiger partial charge in [-0.15, -0.1) is 0 Å². The lowest BCUT2D eigenvalue weighted by Gasteiger charge is -2.18. The fourth-order valence-corrected chi connectivity index (χ4v) is 7.90. The smallest absolute Gasteiger partial charge is 0.243 e. The first-order chi connectivity index (χ1) is 23.6. The molecule has 0 aliphatic heterocycles. The number of hydrogen-bond donors (Lipinski definition) is 3. The summed E-state index contributed by atoms with van der Waals surface area (Å²) in [6, 6.07) is 14.4. The molecule has 1 atom stereocenters. The maximum absolute atomic E-state index is 13.6. The lowest BCUT2D eigenvalue weighted by atomic mass is 10.0. The van der Waals surface area contributed by atoms with Crippen molar-refractivity contribution >= 4 is 61.9 Å². The molecular weight excluding hydrogens is 703 g/mol. The van der Waals surface area contributed by atoms with Gasteiger partial charge in [-0.05, 0) is 55.2 Å². The van der Waals surface area contributed by atoms with Gasteiger partial charge in [0.15, 0.2) is 16.6 Å². The molecule has 0 heterocycles. The minimum Gasteiger partial charge on any atom is -0.506 e. The number of amides is 1. The van der Waals surface area contributed by atoms with Crippen LogP contribution in [0.15, 0.2) is 59.5 Å². The number of sulfone groups is 1. The molecule has 0 radical (unpaired) electrons. The molecule has 0 aliphatic carbocycles. The highest BCUT2D eigenvalue weighted by Gasteiger charge is 2.33. The Hall–Kier alpha value is -2.65. The fraction of sp³-hybridized carbons (Fsp3) is 0.500. The van der Waals surface area contributed by atoms with Gasteiger partial charge in [0.1, 0.15) is 16.7 Å². The SMILES string of the molecule is CCCCCCCCCCCCCCCc1cccc(S(=O)(=O)C(CC)C(=O)Nc2cc(O)c(NCOc3ccc(Cl)c(Cl)c3)cc2Cl)c1. The molecule has 3 rings (SSSR count). The van der Waals surface area contributed by atoms with Gasteiger partial charge >= 0.3 is 0 Å². The zero-order valence-corrected chi connectivity index (χ0v) is 31.8. The van der Waals surface area contributed by atoms with E-state index < -0.39 is 21.0 Å². The number of anilines is 2. The molecular formula is C38H51Cl3N2O5S. The van der Waals surface area contributed by atoms with E-state index in [1.165, 1.54) is 88.8 Å². The Labute approximate surface area is 308 Å². The number of benzene rings is 3. The number of hydrogen-bond acceptors (Lipinski definition) is 6. The van der Waals surface area contributed by atoms with Crippen molar-refractivity contribution in [3.8, 4) is 11.5 Å². The van der Waals surface area contributed by atoms with Crippen LogP contribution in [0.5, 0.6) is 11.5 Å². The Balaban J connectivity index is 1.48. The van der Waals surface area contributed by atoms with Crippen LogP contribution < -0.4 is 15.4 Å². The van der Waals surface area contributed by atoms with E-state index in [2.05, 4.69) is 17.6 Å². The monoisotopic (exact) mass is 752 g/mol. The highest BCUT2D eigenvalue weighted by molar-refractivity contribution is 7.92. The van der Waals surface area contributed by atoms with E-state index in [0.29, 0.717) is 15.8 Å². The van der Waals surface area contributed by atoms with Crippen LogP contribution in [0.4, 0.5) is 11.4 Å². The van der Waals surface area contributed by atoms with Gasteiger partial charge in [-0.2, -0.15) is 0 Å². The average Bonchev–Trinajstić information content (AvgIpc) is 3.07. The summed E-state index contributed by atoms with van der Waals surface area (Å²) in [6.07, 6.45) is 17.4. The van der Waals surface area contributed by atoms with Crippen molar-refractivity contribution in [2.45, 2.75) is 120 Å². The Bertz CT molecular complexity index is 1590. The van der Waals surface area contributed by atoms with Crippen LogP contribution >= 0.6 is 34.8 Å². The minimum absolute atomic E-state index is 0.0257. The van der Waals surface area contributed by atoms with Crippen LogP contribution in [-0.4, -0.2) is 31.4 Å². The molecule has 11 heteroatoms. The standard InChI is InChI=1S/C38H51Cl3N2O5S/c1-3-5-6-7-8-9-10-11-12-13-14-15-16-18-28-19-17-20-30(23-28)49(46,47)37(4-2)38(45)43-34-26-36(44)35(25-33(34)41)42-27-48-29-21-22-31(39)32(40)24-29/h17,19-26,37,42,44H,3-16,18,27H2,1-2H3,(H,43,45). The largest absolute Gasteiger partial charge is 0.506 e. The molecule has 1 unspecified atom stereocenters. The summed E-state index contributed by atoms with van der Waals surface area (Å²) in [5.41, 5.74) is 1.28. The first-order valence-corrected chi connectivity index (χ1v) is 20.2. The summed E-state index contributed by atoms with van der Waals surface area (Å²) >= 11 is 18.4. The lowest BCUT2D eigenvalue weighted by molar-refractivity contribution is -0.115. The van der Waals surface area contributed by atoms with Crippen LogP contribution in [0.25, 0.3) is 0 Å². The first kappa shape index (κ1) is 40.8. The lowest BCUT2D eigenvalue weighted by Crippen LogP contribution is -2.34. The molecule has 0 fully saturated rings. The second-order valence-electron chi connectivity index (χ2n) is 12.5. The zero-order chi connectivity index (χ0) is 35.6. The Morgan fingerprint density at radius 2 is 1.39 bits per heavy atom. The highest BCUT2D eigenvalue weighted by atomic mass is 35.5. The number of aryl methyl sites for hydroxylation is 1. The van der Waals surface area contributed by atoms with E-state index in [-0.39, 0.29) is 40.2 Å². The van der Waals surface area contributed by atoms with Crippen LogP contribution in [0.2, 0.25) is 15.1 Å². The molecule has 0 aliphatic rings. The average molecular weight is 754 g/mol. The number of rotatable bonds is 23. The molecule has 270 valence electrons. The summed E-state index contributed by atoms with van der Waals surface area (Å²) in [6.45, 7) is 3.88. The molecule has 0 saturated carbocycles. The highest BCUT2D eigenvalue weighted by Crippen LogP contribution is 2.35. The molecule has 1 amide bonds. The van der Waals surface area contributed by atoms with Crippen molar-refractivity contribution in [2.75, 3.05) is 17.4 Å². The predicted octanol–water partition coefficient (Wildman–Crippen LogP) is 11.6. The van der Waals surface area contributed by atoms with Crippen molar-refractivity contribution in [3.63, 3.8) is 0 Å². The number of nitrogens with one attached hydrogen (secondary N) is 2. The summed E-state index contributed by atoms with van der Waals surface area (Å²) in [4.78, 5) is 13.4. The number of ether oxygens (including phenoxy) is 1. The van der Waals surface area contributed by atoms with Gasteiger partial charge in [0.25, 0.3) is 0 Å². The fourth-order valence-electron chi connectivity index (χ4n) is 5.71. The number of phenols is 1. The zero-order valence-electron chi connectivity index (χ0n) is 28.7. The third-order valence-corrected chi connectivity index (χ3v) is 11.8. The van der Waals surface area contributed by atoms with E-state index in [0.717, 1.165) is 24.8 Å². The van der Waals surface area contributed by atoms with Crippen LogP contribution in [0, 0.1) is 0 Å². The van der Waals surface area contributed by atoms with Crippen molar-refractivity contribution in [1.29, 1.82) is 0 Å². The molecule has 3 aromatic rings. The number of carbonyl (C=O) groups excluding carboxylic acids is 1. The van der Waals surface area contributed by atoms with Gasteiger partial charge in [0.05, 0.1) is 31.3 Å². The number of halogens is 3. The third kappa shape index (κ3) is 13.5.